The fraction of sp³-hybridized carbons (Fsp3) is 0.846. The molecule has 0 N–H and O–H groups in total. The van der Waals surface area contributed by atoms with Crippen LogP contribution in [0.1, 0.15) is 54.4 Å². The number of imide groups is 1. The van der Waals surface area contributed by atoms with Crippen molar-refractivity contribution in [3.8, 4) is 0 Å². The summed E-state index contributed by atoms with van der Waals surface area (Å²) in [5.74, 6) is -0.126. The molecule has 0 saturated carbocycles. The molecule has 0 radical (unpaired) electrons. The van der Waals surface area contributed by atoms with Gasteiger partial charge in [0.05, 0.1) is 0 Å². The van der Waals surface area contributed by atoms with Gasteiger partial charge in [0.25, 0.3) is 0 Å². The molecule has 98 valence electrons. The second-order valence-electron chi connectivity index (χ2n) is 6.66. The fourth-order valence-electron chi connectivity index (χ4n) is 2.04. The van der Waals surface area contributed by atoms with Crippen LogP contribution in [0.25, 0.3) is 0 Å². The average molecular weight is 241 g/mol. The molecule has 0 bridgehead atoms. The molecule has 4 heteroatoms. The summed E-state index contributed by atoms with van der Waals surface area (Å²) in [5.41, 5.74) is -0.675. The highest BCUT2D eigenvalue weighted by atomic mass is 16.6. The van der Waals surface area contributed by atoms with Gasteiger partial charge >= 0.3 is 6.09 Å². The molecular weight excluding hydrogens is 218 g/mol. The molecule has 0 unspecified atom stereocenters. The maximum atomic E-state index is 12.0. The summed E-state index contributed by atoms with van der Waals surface area (Å²) in [4.78, 5) is 25.1. The number of ether oxygens (including phenoxy) is 1. The van der Waals surface area contributed by atoms with Crippen LogP contribution in [0.2, 0.25) is 0 Å². The molecule has 17 heavy (non-hydrogen) atoms. The van der Waals surface area contributed by atoms with Gasteiger partial charge in [-0.3, -0.25) is 4.79 Å². The summed E-state index contributed by atoms with van der Waals surface area (Å²) in [6.45, 7) is 11.5. The number of nitrogens with zero attached hydrogens (tertiary/aromatic N) is 1. The van der Waals surface area contributed by atoms with Crippen molar-refractivity contribution in [2.75, 3.05) is 0 Å². The van der Waals surface area contributed by atoms with Crippen LogP contribution in [0, 0.1) is 5.41 Å². The van der Waals surface area contributed by atoms with Crippen molar-refractivity contribution < 1.29 is 14.3 Å². The van der Waals surface area contributed by atoms with E-state index in [-0.39, 0.29) is 17.4 Å². The van der Waals surface area contributed by atoms with Crippen LogP contribution in [0.15, 0.2) is 0 Å². The molecule has 0 aromatic heterocycles. The van der Waals surface area contributed by atoms with Crippen molar-refractivity contribution in [2.24, 2.45) is 5.41 Å². The Morgan fingerprint density at radius 1 is 1.24 bits per heavy atom. The second-order valence-corrected chi connectivity index (χ2v) is 6.66. The minimum Gasteiger partial charge on any atom is -0.443 e. The summed E-state index contributed by atoms with van der Waals surface area (Å²) in [7, 11) is 0. The first kappa shape index (κ1) is 14.0. The number of carbonyl (C=O) groups excluding carboxylic acids is 2. The molecule has 0 aromatic carbocycles. The van der Waals surface area contributed by atoms with Crippen molar-refractivity contribution in [3.63, 3.8) is 0 Å². The molecule has 1 rings (SSSR count). The van der Waals surface area contributed by atoms with Crippen LogP contribution >= 0.6 is 0 Å². The monoisotopic (exact) mass is 241 g/mol. The maximum Gasteiger partial charge on any atom is 0.417 e. The molecule has 1 aliphatic heterocycles. The van der Waals surface area contributed by atoms with Crippen molar-refractivity contribution in [2.45, 2.75) is 66.0 Å². The first-order valence-electron chi connectivity index (χ1n) is 6.07. The molecule has 1 atom stereocenters. The van der Waals surface area contributed by atoms with Gasteiger partial charge in [-0.05, 0) is 32.6 Å². The van der Waals surface area contributed by atoms with Gasteiger partial charge in [0.1, 0.15) is 5.60 Å². The normalized spacial score (nSPS) is 21.9. The summed E-state index contributed by atoms with van der Waals surface area (Å²) < 4.78 is 5.28. The topological polar surface area (TPSA) is 46.6 Å². The van der Waals surface area contributed by atoms with Gasteiger partial charge in [-0.1, -0.05) is 20.8 Å². The molecular formula is C13H23NO3. The first-order chi connectivity index (χ1) is 7.52. The van der Waals surface area contributed by atoms with Crippen molar-refractivity contribution in [1.82, 2.24) is 4.90 Å². The lowest BCUT2D eigenvalue weighted by atomic mass is 9.85. The zero-order valence-corrected chi connectivity index (χ0v) is 11.7. The van der Waals surface area contributed by atoms with E-state index in [1.54, 1.807) is 20.8 Å². The van der Waals surface area contributed by atoms with Gasteiger partial charge in [0, 0.05) is 12.5 Å². The van der Waals surface area contributed by atoms with E-state index in [2.05, 4.69) is 0 Å². The summed E-state index contributed by atoms with van der Waals surface area (Å²) >= 11 is 0. The van der Waals surface area contributed by atoms with E-state index in [0.29, 0.717) is 6.42 Å². The Morgan fingerprint density at radius 3 is 2.18 bits per heavy atom. The zero-order chi connectivity index (χ0) is 13.4. The molecule has 0 spiro atoms. The number of carbonyl (C=O) groups is 2. The van der Waals surface area contributed by atoms with E-state index in [0.717, 1.165) is 6.42 Å². The van der Waals surface area contributed by atoms with Crippen molar-refractivity contribution in [1.29, 1.82) is 0 Å². The Balaban J connectivity index is 2.86. The molecule has 1 fully saturated rings. The minimum absolute atomic E-state index is 0.0650. The van der Waals surface area contributed by atoms with Crippen LogP contribution in [-0.2, 0) is 9.53 Å². The Bertz CT molecular complexity index is 323. The lowest BCUT2D eigenvalue weighted by Crippen LogP contribution is -2.47. The second kappa shape index (κ2) is 4.31. The molecule has 0 aromatic rings. The highest BCUT2D eigenvalue weighted by molar-refractivity contribution is 5.94. The lowest BCUT2D eigenvalue weighted by Gasteiger charge is -2.34. The number of rotatable bonds is 0. The molecule has 2 amide bonds. The molecule has 1 saturated heterocycles. The fourth-order valence-corrected chi connectivity index (χ4v) is 2.04. The number of amides is 2. The van der Waals surface area contributed by atoms with Gasteiger partial charge in [0.15, 0.2) is 0 Å². The summed E-state index contributed by atoms with van der Waals surface area (Å²) in [6, 6.07) is -0.0650. The van der Waals surface area contributed by atoms with Crippen molar-refractivity contribution >= 4 is 12.0 Å². The molecule has 1 aliphatic rings. The molecule has 1 heterocycles. The van der Waals surface area contributed by atoms with E-state index in [1.165, 1.54) is 4.90 Å². The van der Waals surface area contributed by atoms with Crippen LogP contribution in [0.5, 0.6) is 0 Å². The first-order valence-corrected chi connectivity index (χ1v) is 6.07. The largest absolute Gasteiger partial charge is 0.443 e. The van der Waals surface area contributed by atoms with Crippen molar-refractivity contribution in [3.05, 3.63) is 0 Å². The third kappa shape index (κ3) is 3.45. The Labute approximate surface area is 103 Å². The van der Waals surface area contributed by atoms with Gasteiger partial charge in [0.2, 0.25) is 5.91 Å². The smallest absolute Gasteiger partial charge is 0.417 e. The third-order valence-corrected chi connectivity index (χ3v) is 2.80. The van der Waals surface area contributed by atoms with E-state index >= 15 is 0 Å². The van der Waals surface area contributed by atoms with Gasteiger partial charge < -0.3 is 4.74 Å². The van der Waals surface area contributed by atoms with Crippen LogP contribution < -0.4 is 0 Å². The Hall–Kier alpha value is -1.06. The van der Waals surface area contributed by atoms with E-state index in [4.69, 9.17) is 4.74 Å². The standard InChI is InChI=1S/C13H23NO3/c1-12(2,3)9-7-8-10(15)14(9)11(16)17-13(4,5)6/h9H,7-8H2,1-6H3/t9-/m0/s1. The summed E-state index contributed by atoms with van der Waals surface area (Å²) in [5, 5.41) is 0. The predicted molar refractivity (Wildman–Crippen MR) is 65.6 cm³/mol. The van der Waals surface area contributed by atoms with Crippen LogP contribution in [-0.4, -0.2) is 28.5 Å². The third-order valence-electron chi connectivity index (χ3n) is 2.80. The van der Waals surface area contributed by atoms with E-state index in [1.807, 2.05) is 20.8 Å². The predicted octanol–water partition coefficient (Wildman–Crippen LogP) is 2.96. The van der Waals surface area contributed by atoms with Crippen LogP contribution in [0.4, 0.5) is 4.79 Å². The highest BCUT2D eigenvalue weighted by Crippen LogP contribution is 2.34. The highest BCUT2D eigenvalue weighted by Gasteiger charge is 2.43. The van der Waals surface area contributed by atoms with Crippen LogP contribution in [0.3, 0.4) is 0 Å². The number of hydrogen-bond acceptors (Lipinski definition) is 3. The minimum atomic E-state index is -0.567. The van der Waals surface area contributed by atoms with Gasteiger partial charge in [-0.2, -0.15) is 0 Å². The Kier molecular flexibility index (Phi) is 3.55. The zero-order valence-electron chi connectivity index (χ0n) is 11.7. The number of hydrogen-bond donors (Lipinski definition) is 0. The Morgan fingerprint density at radius 2 is 1.76 bits per heavy atom. The van der Waals surface area contributed by atoms with Gasteiger partial charge in [-0.25, -0.2) is 9.69 Å². The van der Waals surface area contributed by atoms with E-state index < -0.39 is 11.7 Å². The molecule has 0 aliphatic carbocycles. The van der Waals surface area contributed by atoms with E-state index in [9.17, 15) is 9.59 Å². The van der Waals surface area contributed by atoms with Gasteiger partial charge in [-0.15, -0.1) is 0 Å². The average Bonchev–Trinajstić information content (AvgIpc) is 2.42. The SMILES string of the molecule is CC(C)(C)OC(=O)N1C(=O)CC[C@H]1C(C)(C)C. The molecule has 4 nitrogen and oxygen atoms in total. The number of likely N-dealkylation sites (tertiary alicyclic amines) is 1. The maximum absolute atomic E-state index is 12.0. The quantitative estimate of drug-likeness (QED) is 0.655. The lowest BCUT2D eigenvalue weighted by molar-refractivity contribution is -0.129. The summed E-state index contributed by atoms with van der Waals surface area (Å²) in [6.07, 6.45) is 0.642.